The molecule has 3 heteroatoms. The molecule has 1 atom stereocenters. The molecule has 4 N–H and O–H groups in total. The first-order valence-electron chi connectivity index (χ1n) is 9.09. The highest BCUT2D eigenvalue weighted by Crippen LogP contribution is 2.33. The van der Waals surface area contributed by atoms with E-state index in [-0.39, 0.29) is 0 Å². The van der Waals surface area contributed by atoms with Crippen molar-refractivity contribution in [3.8, 4) is 5.75 Å². The molecule has 0 amide bonds. The molecule has 1 aromatic carbocycles. The molecular formula is C20H36N2O. The Hall–Kier alpha value is -1.06. The van der Waals surface area contributed by atoms with Gasteiger partial charge in [-0.15, -0.1) is 0 Å². The van der Waals surface area contributed by atoms with Gasteiger partial charge in [-0.25, -0.2) is 0 Å². The molecule has 0 spiro atoms. The standard InChI is InChI=1S/C20H36N2O/c1-6-17(9-16(11-21)12-22)18-7-8-20(23-13-14(2)3)19(10-18)15(4)5/h7-8,10,14-17H,6,9,11-13,21-22H2,1-5H3. The average Bonchev–Trinajstić information content (AvgIpc) is 2.54. The third kappa shape index (κ3) is 6.15. The summed E-state index contributed by atoms with van der Waals surface area (Å²) >= 11 is 0. The maximum absolute atomic E-state index is 6.01. The van der Waals surface area contributed by atoms with Crippen LogP contribution in [0.25, 0.3) is 0 Å². The van der Waals surface area contributed by atoms with E-state index >= 15 is 0 Å². The molecule has 0 heterocycles. The monoisotopic (exact) mass is 320 g/mol. The fourth-order valence-electron chi connectivity index (χ4n) is 2.89. The van der Waals surface area contributed by atoms with Crippen LogP contribution in [0.3, 0.4) is 0 Å². The minimum absolute atomic E-state index is 0.402. The van der Waals surface area contributed by atoms with Gasteiger partial charge in [0.1, 0.15) is 5.75 Å². The summed E-state index contributed by atoms with van der Waals surface area (Å²) in [5.41, 5.74) is 14.4. The number of hydrogen-bond donors (Lipinski definition) is 2. The van der Waals surface area contributed by atoms with Crippen LogP contribution in [-0.2, 0) is 0 Å². The summed E-state index contributed by atoms with van der Waals surface area (Å²) in [6.07, 6.45) is 2.17. The second-order valence-corrected chi connectivity index (χ2v) is 7.34. The molecule has 0 fully saturated rings. The van der Waals surface area contributed by atoms with Crippen LogP contribution in [0, 0.1) is 11.8 Å². The smallest absolute Gasteiger partial charge is 0.122 e. The zero-order valence-electron chi connectivity index (χ0n) is 15.6. The second kappa shape index (κ2) is 9.94. The van der Waals surface area contributed by atoms with Gasteiger partial charge in [0.2, 0.25) is 0 Å². The third-order valence-corrected chi connectivity index (χ3v) is 4.48. The first-order chi connectivity index (χ1) is 10.9. The van der Waals surface area contributed by atoms with Crippen molar-refractivity contribution < 1.29 is 4.74 Å². The molecule has 0 radical (unpaired) electrons. The summed E-state index contributed by atoms with van der Waals surface area (Å²) in [6, 6.07) is 6.70. The fourth-order valence-corrected chi connectivity index (χ4v) is 2.89. The van der Waals surface area contributed by atoms with Gasteiger partial charge in [-0.2, -0.15) is 0 Å². The van der Waals surface area contributed by atoms with Crippen molar-refractivity contribution in [3.63, 3.8) is 0 Å². The Balaban J connectivity index is 3.00. The molecule has 3 nitrogen and oxygen atoms in total. The van der Waals surface area contributed by atoms with Crippen molar-refractivity contribution in [3.05, 3.63) is 29.3 Å². The summed E-state index contributed by atoms with van der Waals surface area (Å²) in [7, 11) is 0. The van der Waals surface area contributed by atoms with Crippen LogP contribution in [0.5, 0.6) is 5.75 Å². The highest BCUT2D eigenvalue weighted by Gasteiger charge is 2.18. The lowest BCUT2D eigenvalue weighted by Crippen LogP contribution is -2.25. The van der Waals surface area contributed by atoms with E-state index in [4.69, 9.17) is 16.2 Å². The van der Waals surface area contributed by atoms with Gasteiger partial charge in [-0.05, 0) is 66.8 Å². The summed E-state index contributed by atoms with van der Waals surface area (Å²) in [4.78, 5) is 0. The van der Waals surface area contributed by atoms with E-state index in [0.29, 0.717) is 36.8 Å². The maximum atomic E-state index is 6.01. The molecule has 1 rings (SSSR count). The molecule has 0 aliphatic rings. The molecule has 0 saturated carbocycles. The van der Waals surface area contributed by atoms with Crippen LogP contribution in [-0.4, -0.2) is 19.7 Å². The molecular weight excluding hydrogens is 284 g/mol. The summed E-state index contributed by atoms with van der Waals surface area (Å²) in [5.74, 6) is 2.94. The molecule has 0 saturated heterocycles. The number of ether oxygens (including phenoxy) is 1. The Morgan fingerprint density at radius 2 is 1.70 bits per heavy atom. The van der Waals surface area contributed by atoms with Crippen LogP contribution in [0.1, 0.15) is 70.4 Å². The quantitative estimate of drug-likeness (QED) is 0.677. The Bertz CT molecular complexity index is 453. The van der Waals surface area contributed by atoms with Crippen molar-refractivity contribution in [1.29, 1.82) is 0 Å². The first-order valence-corrected chi connectivity index (χ1v) is 9.09. The number of rotatable bonds is 10. The Kier molecular flexibility index (Phi) is 8.64. The molecule has 0 bridgehead atoms. The normalized spacial score (nSPS) is 13.1. The lowest BCUT2D eigenvalue weighted by atomic mass is 9.85. The van der Waals surface area contributed by atoms with Crippen LogP contribution in [0.4, 0.5) is 0 Å². The average molecular weight is 321 g/mol. The highest BCUT2D eigenvalue weighted by atomic mass is 16.5. The number of benzene rings is 1. The van der Waals surface area contributed by atoms with Crippen LogP contribution < -0.4 is 16.2 Å². The van der Waals surface area contributed by atoms with Crippen LogP contribution in [0.2, 0.25) is 0 Å². The van der Waals surface area contributed by atoms with Crippen LogP contribution in [0.15, 0.2) is 18.2 Å². The largest absolute Gasteiger partial charge is 0.493 e. The van der Waals surface area contributed by atoms with Crippen molar-refractivity contribution in [2.75, 3.05) is 19.7 Å². The first kappa shape index (κ1) is 20.0. The van der Waals surface area contributed by atoms with Crippen LogP contribution >= 0.6 is 0 Å². The molecule has 132 valence electrons. The summed E-state index contributed by atoms with van der Waals surface area (Å²) in [6.45, 7) is 13.1. The van der Waals surface area contributed by atoms with E-state index in [0.717, 1.165) is 25.2 Å². The lowest BCUT2D eigenvalue weighted by Gasteiger charge is -2.23. The van der Waals surface area contributed by atoms with E-state index in [1.165, 1.54) is 11.1 Å². The predicted molar refractivity (Wildman–Crippen MR) is 100 cm³/mol. The zero-order chi connectivity index (χ0) is 17.4. The van der Waals surface area contributed by atoms with Gasteiger partial charge in [0.15, 0.2) is 0 Å². The van der Waals surface area contributed by atoms with E-state index in [1.54, 1.807) is 0 Å². The Labute approximate surface area is 142 Å². The van der Waals surface area contributed by atoms with Crippen molar-refractivity contribution in [1.82, 2.24) is 0 Å². The van der Waals surface area contributed by atoms with E-state index in [1.807, 2.05) is 0 Å². The van der Waals surface area contributed by atoms with Crippen molar-refractivity contribution in [2.24, 2.45) is 23.3 Å². The van der Waals surface area contributed by atoms with Gasteiger partial charge in [0.25, 0.3) is 0 Å². The lowest BCUT2D eigenvalue weighted by molar-refractivity contribution is 0.267. The van der Waals surface area contributed by atoms with Crippen molar-refractivity contribution >= 4 is 0 Å². The molecule has 1 unspecified atom stereocenters. The summed E-state index contributed by atoms with van der Waals surface area (Å²) in [5, 5.41) is 0. The van der Waals surface area contributed by atoms with E-state index in [2.05, 4.69) is 52.8 Å². The van der Waals surface area contributed by atoms with Gasteiger partial charge >= 0.3 is 0 Å². The van der Waals surface area contributed by atoms with Crippen molar-refractivity contribution in [2.45, 2.75) is 59.3 Å². The number of nitrogens with two attached hydrogens (primary N) is 2. The molecule has 23 heavy (non-hydrogen) atoms. The molecule has 0 aliphatic heterocycles. The fraction of sp³-hybridized carbons (Fsp3) is 0.700. The van der Waals surface area contributed by atoms with Gasteiger partial charge < -0.3 is 16.2 Å². The minimum atomic E-state index is 0.402. The summed E-state index contributed by atoms with van der Waals surface area (Å²) < 4.78 is 6.01. The topological polar surface area (TPSA) is 61.3 Å². The SMILES string of the molecule is CCC(CC(CN)CN)c1ccc(OCC(C)C)c(C(C)C)c1. The third-order valence-electron chi connectivity index (χ3n) is 4.48. The Morgan fingerprint density at radius 3 is 2.17 bits per heavy atom. The Morgan fingerprint density at radius 1 is 1.04 bits per heavy atom. The maximum Gasteiger partial charge on any atom is 0.122 e. The van der Waals surface area contributed by atoms with E-state index in [9.17, 15) is 0 Å². The number of hydrogen-bond acceptors (Lipinski definition) is 3. The molecule has 1 aromatic rings. The van der Waals surface area contributed by atoms with E-state index < -0.39 is 0 Å². The molecule has 0 aromatic heterocycles. The van der Waals surface area contributed by atoms with Gasteiger partial charge in [-0.1, -0.05) is 46.8 Å². The zero-order valence-corrected chi connectivity index (χ0v) is 15.6. The second-order valence-electron chi connectivity index (χ2n) is 7.34. The predicted octanol–water partition coefficient (Wildman–Crippen LogP) is 4.26. The molecule has 0 aliphatic carbocycles. The van der Waals surface area contributed by atoms with Gasteiger partial charge in [0, 0.05) is 0 Å². The highest BCUT2D eigenvalue weighted by molar-refractivity contribution is 5.40. The minimum Gasteiger partial charge on any atom is -0.493 e. The van der Waals surface area contributed by atoms with Gasteiger partial charge in [-0.3, -0.25) is 0 Å². The van der Waals surface area contributed by atoms with Gasteiger partial charge in [0.05, 0.1) is 6.61 Å².